The van der Waals surface area contributed by atoms with Gasteiger partial charge in [0.1, 0.15) is 4.90 Å². The Bertz CT molecular complexity index is 1060. The number of benzene rings is 2. The molecule has 0 saturated carbocycles. The summed E-state index contributed by atoms with van der Waals surface area (Å²) < 4.78 is 25.9. The van der Waals surface area contributed by atoms with Gasteiger partial charge in [0.25, 0.3) is 15.9 Å². The smallest absolute Gasteiger partial charge is 0.269 e. The topological polar surface area (TPSA) is 86.8 Å². The van der Waals surface area contributed by atoms with Crippen LogP contribution < -0.4 is 5.32 Å². The number of carbonyl (C=O) groups excluding carboxylic acids is 2. The third-order valence-corrected chi connectivity index (χ3v) is 7.48. The number of nitrogens with one attached hydrogen (secondary N) is 1. The van der Waals surface area contributed by atoms with Gasteiger partial charge in [-0.25, -0.2) is 12.7 Å². The van der Waals surface area contributed by atoms with E-state index in [9.17, 15) is 18.0 Å². The van der Waals surface area contributed by atoms with Crippen molar-refractivity contribution in [3.05, 3.63) is 65.2 Å². The van der Waals surface area contributed by atoms with Gasteiger partial charge < -0.3 is 5.32 Å². The molecule has 1 fully saturated rings. The van der Waals surface area contributed by atoms with Gasteiger partial charge in [0.15, 0.2) is 0 Å². The van der Waals surface area contributed by atoms with E-state index in [1.165, 1.54) is 30.5 Å². The lowest BCUT2D eigenvalue weighted by atomic mass is 10.1. The van der Waals surface area contributed by atoms with Crippen LogP contribution in [0.15, 0.2) is 53.4 Å². The Kier molecular flexibility index (Phi) is 5.87. The number of amides is 2. The van der Waals surface area contributed by atoms with Crippen molar-refractivity contribution in [3.63, 3.8) is 0 Å². The molecule has 0 atom stereocenters. The maximum Gasteiger partial charge on any atom is 0.269 e. The van der Waals surface area contributed by atoms with Crippen LogP contribution in [0.3, 0.4) is 0 Å². The summed E-state index contributed by atoms with van der Waals surface area (Å²) in [4.78, 5) is 27.2. The zero-order valence-corrected chi connectivity index (χ0v) is 17.5. The summed E-state index contributed by atoms with van der Waals surface area (Å²) in [5.41, 5.74) is 2.40. The van der Waals surface area contributed by atoms with Crippen LogP contribution in [0.4, 0.5) is 0 Å². The van der Waals surface area contributed by atoms with Crippen molar-refractivity contribution < 1.29 is 18.0 Å². The van der Waals surface area contributed by atoms with Crippen molar-refractivity contribution in [2.45, 2.75) is 37.2 Å². The van der Waals surface area contributed by atoms with Gasteiger partial charge in [0, 0.05) is 26.1 Å². The van der Waals surface area contributed by atoms with Crippen molar-refractivity contribution in [2.75, 3.05) is 19.6 Å². The molecule has 0 radical (unpaired) electrons. The van der Waals surface area contributed by atoms with Crippen LogP contribution in [0.25, 0.3) is 0 Å². The molecule has 1 saturated heterocycles. The predicted molar refractivity (Wildman–Crippen MR) is 112 cm³/mol. The van der Waals surface area contributed by atoms with Gasteiger partial charge >= 0.3 is 0 Å². The molecule has 2 aromatic rings. The van der Waals surface area contributed by atoms with E-state index in [0.717, 1.165) is 29.5 Å². The van der Waals surface area contributed by atoms with Gasteiger partial charge in [-0.1, -0.05) is 36.4 Å². The summed E-state index contributed by atoms with van der Waals surface area (Å²) in [6.07, 6.45) is 2.37. The van der Waals surface area contributed by atoms with E-state index in [-0.39, 0.29) is 29.3 Å². The molecule has 0 aliphatic carbocycles. The third-order valence-electron chi connectivity index (χ3n) is 5.64. The minimum Gasteiger partial charge on any atom is -0.352 e. The third kappa shape index (κ3) is 4.11. The molecule has 158 valence electrons. The fraction of sp³-hybridized carbons (Fsp3) is 0.364. The normalized spacial score (nSPS) is 17.9. The average molecular weight is 428 g/mol. The summed E-state index contributed by atoms with van der Waals surface area (Å²) >= 11 is 0. The van der Waals surface area contributed by atoms with Crippen LogP contribution in [0, 0.1) is 0 Å². The summed E-state index contributed by atoms with van der Waals surface area (Å²) in [5.74, 6) is -0.862. The monoisotopic (exact) mass is 427 g/mol. The molecule has 2 aromatic carbocycles. The molecule has 2 heterocycles. The Labute approximate surface area is 176 Å². The summed E-state index contributed by atoms with van der Waals surface area (Å²) in [6.45, 7) is 3.27. The second-order valence-electron chi connectivity index (χ2n) is 7.66. The van der Waals surface area contributed by atoms with Crippen LogP contribution in [0.5, 0.6) is 0 Å². The van der Waals surface area contributed by atoms with Crippen LogP contribution in [0.2, 0.25) is 0 Å². The highest BCUT2D eigenvalue weighted by molar-refractivity contribution is 7.90. The molecule has 2 aliphatic rings. The first kappa shape index (κ1) is 20.6. The number of likely N-dealkylation sites (tertiary alicyclic amines) is 1. The maximum absolute atomic E-state index is 12.6. The van der Waals surface area contributed by atoms with Gasteiger partial charge in [-0.05, 0) is 49.2 Å². The minimum atomic E-state index is -3.88. The highest BCUT2D eigenvalue weighted by Crippen LogP contribution is 2.29. The summed E-state index contributed by atoms with van der Waals surface area (Å²) in [6, 6.07) is 14.1. The molecule has 4 rings (SSSR count). The lowest BCUT2D eigenvalue weighted by Crippen LogP contribution is -2.34. The predicted octanol–water partition coefficient (Wildman–Crippen LogP) is 2.13. The number of hydrogen-bond acceptors (Lipinski definition) is 5. The van der Waals surface area contributed by atoms with E-state index in [1.807, 2.05) is 18.2 Å². The Morgan fingerprint density at radius 3 is 2.37 bits per heavy atom. The summed E-state index contributed by atoms with van der Waals surface area (Å²) in [5, 5.41) is 2.86. The highest BCUT2D eigenvalue weighted by atomic mass is 32.2. The van der Waals surface area contributed by atoms with Crippen LogP contribution in [-0.2, 0) is 27.9 Å². The Morgan fingerprint density at radius 1 is 0.967 bits per heavy atom. The molecule has 2 amide bonds. The molecule has 30 heavy (non-hydrogen) atoms. The molecule has 1 N–H and O–H groups in total. The number of nitrogens with zero attached hydrogens (tertiary/aromatic N) is 2. The summed E-state index contributed by atoms with van der Waals surface area (Å²) in [7, 11) is -3.88. The molecule has 0 spiro atoms. The zero-order chi connectivity index (χ0) is 21.1. The highest BCUT2D eigenvalue weighted by Gasteiger charge is 2.40. The van der Waals surface area contributed by atoms with Crippen molar-refractivity contribution in [3.8, 4) is 0 Å². The molecular formula is C22H25N3O4S. The number of sulfonamides is 1. The Hall–Kier alpha value is -2.71. The van der Waals surface area contributed by atoms with E-state index in [2.05, 4.69) is 16.3 Å². The average Bonchev–Trinajstić information content (AvgIpc) is 3.32. The van der Waals surface area contributed by atoms with E-state index in [0.29, 0.717) is 6.54 Å². The van der Waals surface area contributed by atoms with Crippen LogP contribution >= 0.6 is 0 Å². The number of hydrogen-bond donors (Lipinski definition) is 1. The maximum atomic E-state index is 12.6. The molecule has 0 aromatic heterocycles. The van der Waals surface area contributed by atoms with Gasteiger partial charge in [-0.15, -0.1) is 0 Å². The number of rotatable bonds is 7. The van der Waals surface area contributed by atoms with Gasteiger partial charge in [0.05, 0.1) is 5.56 Å². The molecule has 0 bridgehead atoms. The van der Waals surface area contributed by atoms with E-state index in [4.69, 9.17) is 0 Å². The quantitative estimate of drug-likeness (QED) is 0.732. The van der Waals surface area contributed by atoms with Crippen molar-refractivity contribution in [2.24, 2.45) is 0 Å². The van der Waals surface area contributed by atoms with Gasteiger partial charge in [-0.3, -0.25) is 14.5 Å². The lowest BCUT2D eigenvalue weighted by molar-refractivity contribution is -0.121. The number of carbonyl (C=O) groups is 2. The molecular weight excluding hydrogens is 402 g/mol. The van der Waals surface area contributed by atoms with Gasteiger partial charge in [-0.2, -0.15) is 0 Å². The first-order chi connectivity index (χ1) is 14.5. The molecule has 2 aliphatic heterocycles. The lowest BCUT2D eigenvalue weighted by Gasteiger charge is -2.18. The molecule has 7 nitrogen and oxygen atoms in total. The SMILES string of the molecule is O=C(CCN1C(=O)c2ccccc2S1(=O)=O)NCc1ccccc1CN1CCCC1. The first-order valence-corrected chi connectivity index (χ1v) is 11.6. The standard InChI is InChI=1S/C22H25N3O4S/c26-21(11-14-25-22(27)19-9-3-4-10-20(19)30(25,28)29)23-15-17-7-1-2-8-18(17)16-24-12-5-6-13-24/h1-4,7-10H,5-6,11-16H2,(H,23,26). The van der Waals surface area contributed by atoms with Crippen molar-refractivity contribution in [1.82, 2.24) is 14.5 Å². The van der Waals surface area contributed by atoms with E-state index in [1.54, 1.807) is 12.1 Å². The second kappa shape index (κ2) is 8.57. The Morgan fingerprint density at radius 2 is 1.63 bits per heavy atom. The largest absolute Gasteiger partial charge is 0.352 e. The van der Waals surface area contributed by atoms with Crippen molar-refractivity contribution >= 4 is 21.8 Å². The fourth-order valence-electron chi connectivity index (χ4n) is 4.00. The van der Waals surface area contributed by atoms with Crippen LogP contribution in [-0.4, -0.2) is 49.1 Å². The zero-order valence-electron chi connectivity index (χ0n) is 16.7. The van der Waals surface area contributed by atoms with Crippen LogP contribution in [0.1, 0.15) is 40.7 Å². The Balaban J connectivity index is 1.34. The van der Waals surface area contributed by atoms with E-state index >= 15 is 0 Å². The van der Waals surface area contributed by atoms with Crippen molar-refractivity contribution in [1.29, 1.82) is 0 Å². The first-order valence-electron chi connectivity index (χ1n) is 10.2. The van der Waals surface area contributed by atoms with Gasteiger partial charge in [0.2, 0.25) is 5.91 Å². The fourth-order valence-corrected chi connectivity index (χ4v) is 5.57. The van der Waals surface area contributed by atoms with E-state index < -0.39 is 15.9 Å². The minimum absolute atomic E-state index is 0.00579. The second-order valence-corrected chi connectivity index (χ2v) is 9.49. The number of fused-ring (bicyclic) bond motifs is 1. The molecule has 8 heteroatoms. The molecule has 0 unspecified atom stereocenters.